The molecule has 0 amide bonds. The van der Waals surface area contributed by atoms with Crippen LogP contribution in [0.4, 0.5) is 4.39 Å². The van der Waals surface area contributed by atoms with Gasteiger partial charge >= 0.3 is 0 Å². The Morgan fingerprint density at radius 1 is 1.06 bits per heavy atom. The Morgan fingerprint density at radius 3 is 2.59 bits per heavy atom. The summed E-state index contributed by atoms with van der Waals surface area (Å²) in [4.78, 5) is 5.56. The molecule has 8 heteroatoms. The molecular formula is C24H25FN2O4S. The molecule has 1 heterocycles. The van der Waals surface area contributed by atoms with Crippen LogP contribution in [0.3, 0.4) is 0 Å². The van der Waals surface area contributed by atoms with Crippen molar-refractivity contribution in [2.75, 3.05) is 13.7 Å². The molecule has 1 N–H and O–H groups in total. The lowest BCUT2D eigenvalue weighted by atomic mass is 10.0. The fourth-order valence-electron chi connectivity index (χ4n) is 3.74. The topological polar surface area (TPSA) is 67.9 Å². The van der Waals surface area contributed by atoms with Crippen LogP contribution in [0, 0.1) is 5.82 Å². The Hall–Kier alpha value is -2.78. The molecule has 0 aliphatic carbocycles. The van der Waals surface area contributed by atoms with Gasteiger partial charge in [-0.2, -0.15) is 5.06 Å². The first-order valence-electron chi connectivity index (χ1n) is 10.3. The molecule has 6 nitrogen and oxygen atoms in total. The van der Waals surface area contributed by atoms with Gasteiger partial charge in [0, 0.05) is 19.2 Å². The molecule has 0 aromatic heterocycles. The molecule has 0 saturated carbocycles. The standard InChI is InChI=1S/C24H25FN2O4S/c1-27-24(19-11-7-12-21(14-19)30-16-18-8-3-2-4-9-18)23(17-31-27)32(28,29)26-15-20-10-5-6-13-22(20)25/h2-14,23-24,26H,15-17H2,1H3. The number of nitrogens with zero attached hydrogens (tertiary/aromatic N) is 1. The van der Waals surface area contributed by atoms with Crippen molar-refractivity contribution in [3.05, 3.63) is 101 Å². The molecule has 0 bridgehead atoms. The average molecular weight is 457 g/mol. The van der Waals surface area contributed by atoms with Crippen molar-refractivity contribution in [2.24, 2.45) is 0 Å². The number of hydrogen-bond acceptors (Lipinski definition) is 5. The summed E-state index contributed by atoms with van der Waals surface area (Å²) in [6, 6.07) is 22.7. The first kappa shape index (κ1) is 22.4. The highest BCUT2D eigenvalue weighted by molar-refractivity contribution is 7.90. The van der Waals surface area contributed by atoms with Gasteiger partial charge in [-0.1, -0.05) is 60.7 Å². The SMILES string of the molecule is CN1OCC(S(=O)(=O)NCc2ccccc2F)C1c1cccc(OCc2ccccc2)c1. The van der Waals surface area contributed by atoms with Crippen molar-refractivity contribution < 1.29 is 22.4 Å². The van der Waals surface area contributed by atoms with Crippen LogP contribution in [0.15, 0.2) is 78.9 Å². The molecule has 3 aromatic rings. The van der Waals surface area contributed by atoms with Gasteiger partial charge in [-0.15, -0.1) is 0 Å². The molecule has 3 aromatic carbocycles. The Balaban J connectivity index is 1.49. The number of hydroxylamine groups is 2. The summed E-state index contributed by atoms with van der Waals surface area (Å²) in [7, 11) is -2.09. The van der Waals surface area contributed by atoms with Gasteiger partial charge in [-0.05, 0) is 29.3 Å². The van der Waals surface area contributed by atoms with E-state index in [4.69, 9.17) is 9.57 Å². The number of hydrogen-bond donors (Lipinski definition) is 1. The van der Waals surface area contributed by atoms with Crippen LogP contribution in [0.25, 0.3) is 0 Å². The van der Waals surface area contributed by atoms with Crippen molar-refractivity contribution >= 4 is 10.0 Å². The van der Waals surface area contributed by atoms with Gasteiger partial charge in [0.1, 0.15) is 23.4 Å². The zero-order chi connectivity index (χ0) is 22.6. The van der Waals surface area contributed by atoms with Crippen molar-refractivity contribution in [2.45, 2.75) is 24.4 Å². The molecule has 168 valence electrons. The smallest absolute Gasteiger partial charge is 0.219 e. The van der Waals surface area contributed by atoms with Crippen molar-refractivity contribution in [3.63, 3.8) is 0 Å². The van der Waals surface area contributed by atoms with Crippen LogP contribution in [0.1, 0.15) is 22.7 Å². The highest BCUT2D eigenvalue weighted by Gasteiger charge is 2.43. The Bertz CT molecular complexity index is 1160. The molecule has 1 aliphatic rings. The third kappa shape index (κ3) is 5.16. The van der Waals surface area contributed by atoms with E-state index in [1.54, 1.807) is 30.3 Å². The van der Waals surface area contributed by atoms with Crippen LogP contribution in [0.2, 0.25) is 0 Å². The number of halogens is 1. The van der Waals surface area contributed by atoms with Crippen LogP contribution in [-0.2, 0) is 28.0 Å². The lowest BCUT2D eigenvalue weighted by molar-refractivity contribution is -0.110. The molecule has 0 spiro atoms. The molecule has 0 radical (unpaired) electrons. The molecular weight excluding hydrogens is 431 g/mol. The molecule has 1 fully saturated rings. The second kappa shape index (κ2) is 9.79. The van der Waals surface area contributed by atoms with Gasteiger partial charge in [0.25, 0.3) is 0 Å². The minimum Gasteiger partial charge on any atom is -0.489 e. The lowest BCUT2D eigenvalue weighted by Gasteiger charge is -2.23. The van der Waals surface area contributed by atoms with E-state index in [1.165, 1.54) is 6.07 Å². The second-order valence-corrected chi connectivity index (χ2v) is 9.61. The van der Waals surface area contributed by atoms with E-state index in [0.29, 0.717) is 12.4 Å². The van der Waals surface area contributed by atoms with Gasteiger partial charge < -0.3 is 4.74 Å². The first-order valence-corrected chi connectivity index (χ1v) is 11.8. The van der Waals surface area contributed by atoms with Crippen LogP contribution in [0.5, 0.6) is 5.75 Å². The zero-order valence-corrected chi connectivity index (χ0v) is 18.5. The molecule has 4 rings (SSSR count). The lowest BCUT2D eigenvalue weighted by Crippen LogP contribution is -2.39. The van der Waals surface area contributed by atoms with E-state index < -0.39 is 27.1 Å². The summed E-state index contributed by atoms with van der Waals surface area (Å²) in [5, 5.41) is 0.687. The molecule has 2 unspecified atom stereocenters. The monoisotopic (exact) mass is 456 g/mol. The van der Waals surface area contributed by atoms with Gasteiger partial charge in [0.2, 0.25) is 10.0 Å². The summed E-state index contributed by atoms with van der Waals surface area (Å²) in [5.41, 5.74) is 2.09. The second-order valence-electron chi connectivity index (χ2n) is 7.63. The minimum absolute atomic E-state index is 0.00285. The van der Waals surface area contributed by atoms with Gasteiger partial charge in [-0.25, -0.2) is 17.5 Å². The maximum Gasteiger partial charge on any atom is 0.219 e. The normalized spacial score (nSPS) is 19.2. The Morgan fingerprint density at radius 2 is 1.81 bits per heavy atom. The van der Waals surface area contributed by atoms with Crippen molar-refractivity contribution in [1.29, 1.82) is 0 Å². The summed E-state index contributed by atoms with van der Waals surface area (Å²) >= 11 is 0. The van der Waals surface area contributed by atoms with Crippen LogP contribution >= 0.6 is 0 Å². The maximum absolute atomic E-state index is 13.9. The summed E-state index contributed by atoms with van der Waals surface area (Å²) in [5.74, 6) is 0.192. The summed E-state index contributed by atoms with van der Waals surface area (Å²) < 4.78 is 48.5. The largest absolute Gasteiger partial charge is 0.489 e. The van der Waals surface area contributed by atoms with Gasteiger partial charge in [0.15, 0.2) is 0 Å². The molecule has 32 heavy (non-hydrogen) atoms. The maximum atomic E-state index is 13.9. The fraction of sp³-hybridized carbons (Fsp3) is 0.250. The highest BCUT2D eigenvalue weighted by atomic mass is 32.2. The van der Waals surface area contributed by atoms with E-state index in [0.717, 1.165) is 11.1 Å². The zero-order valence-electron chi connectivity index (χ0n) is 17.6. The van der Waals surface area contributed by atoms with Crippen LogP contribution < -0.4 is 9.46 Å². The number of rotatable bonds is 8. The number of ether oxygens (including phenoxy) is 1. The quantitative estimate of drug-likeness (QED) is 0.558. The highest BCUT2D eigenvalue weighted by Crippen LogP contribution is 2.34. The summed E-state index contributed by atoms with van der Waals surface area (Å²) in [6.07, 6.45) is 0. The van der Waals surface area contributed by atoms with E-state index in [9.17, 15) is 12.8 Å². The third-order valence-electron chi connectivity index (χ3n) is 5.45. The summed E-state index contributed by atoms with van der Waals surface area (Å²) in [6.45, 7) is 0.290. The van der Waals surface area contributed by atoms with E-state index in [2.05, 4.69) is 4.72 Å². The van der Waals surface area contributed by atoms with Crippen LogP contribution in [-0.4, -0.2) is 32.4 Å². The number of sulfonamides is 1. The Kier molecular flexibility index (Phi) is 6.86. The van der Waals surface area contributed by atoms with Crippen molar-refractivity contribution in [1.82, 2.24) is 9.79 Å². The van der Waals surface area contributed by atoms with Gasteiger partial charge in [0.05, 0.1) is 12.6 Å². The fourth-order valence-corrected chi connectivity index (χ4v) is 5.22. The number of benzene rings is 3. The van der Waals surface area contributed by atoms with E-state index in [1.807, 2.05) is 54.6 Å². The minimum atomic E-state index is -3.80. The predicted octanol–water partition coefficient (Wildman–Crippen LogP) is 3.81. The average Bonchev–Trinajstić information content (AvgIpc) is 3.20. The number of nitrogens with one attached hydrogen (secondary N) is 1. The molecule has 1 aliphatic heterocycles. The molecule has 1 saturated heterocycles. The third-order valence-corrected chi connectivity index (χ3v) is 7.19. The Labute approximate surface area is 187 Å². The van der Waals surface area contributed by atoms with Gasteiger partial charge in [-0.3, -0.25) is 4.84 Å². The predicted molar refractivity (Wildman–Crippen MR) is 120 cm³/mol. The first-order chi connectivity index (χ1) is 15.4. The molecule has 2 atom stereocenters. The van der Waals surface area contributed by atoms with E-state index >= 15 is 0 Å². The van der Waals surface area contributed by atoms with E-state index in [-0.39, 0.29) is 18.7 Å². The van der Waals surface area contributed by atoms with Crippen molar-refractivity contribution in [3.8, 4) is 5.75 Å².